The van der Waals surface area contributed by atoms with E-state index >= 15 is 0 Å². The summed E-state index contributed by atoms with van der Waals surface area (Å²) in [6.45, 7) is 3.99. The summed E-state index contributed by atoms with van der Waals surface area (Å²) >= 11 is 0. The molecule has 0 aliphatic heterocycles. The lowest BCUT2D eigenvalue weighted by atomic mass is 10.1. The van der Waals surface area contributed by atoms with Crippen LogP contribution in [-0.2, 0) is 0 Å². The average Bonchev–Trinajstić information content (AvgIpc) is 2.46. The molecule has 4 nitrogen and oxygen atoms in total. The van der Waals surface area contributed by atoms with E-state index in [0.717, 1.165) is 25.5 Å². The van der Waals surface area contributed by atoms with E-state index in [4.69, 9.17) is 0 Å². The Balaban J connectivity index is 2.54. The normalized spacial score (nSPS) is 13.3. The van der Waals surface area contributed by atoms with E-state index in [-0.39, 0.29) is 0 Å². The highest BCUT2D eigenvalue weighted by atomic mass is 15.2. The molecule has 0 fully saturated rings. The van der Waals surface area contributed by atoms with Crippen molar-refractivity contribution in [1.29, 1.82) is 0 Å². The van der Waals surface area contributed by atoms with Crippen molar-refractivity contribution in [1.82, 2.24) is 15.5 Å². The van der Waals surface area contributed by atoms with Crippen molar-refractivity contribution in [2.75, 3.05) is 34.2 Å². The molecule has 0 aliphatic carbocycles. The van der Waals surface area contributed by atoms with Crippen LogP contribution in [0.2, 0.25) is 0 Å². The predicted octanol–water partition coefficient (Wildman–Crippen LogP) is 2.25. The van der Waals surface area contributed by atoms with Crippen molar-refractivity contribution >= 4 is 5.96 Å². The molecule has 1 unspecified atom stereocenters. The zero-order valence-corrected chi connectivity index (χ0v) is 13.2. The van der Waals surface area contributed by atoms with Gasteiger partial charge in [-0.1, -0.05) is 43.7 Å². The summed E-state index contributed by atoms with van der Waals surface area (Å²) in [6.07, 6.45) is 2.35. The maximum Gasteiger partial charge on any atom is 0.191 e. The van der Waals surface area contributed by atoms with Gasteiger partial charge < -0.3 is 15.5 Å². The fourth-order valence-electron chi connectivity index (χ4n) is 2.07. The van der Waals surface area contributed by atoms with Crippen LogP contribution in [0.3, 0.4) is 0 Å². The van der Waals surface area contributed by atoms with Crippen molar-refractivity contribution in [3.8, 4) is 0 Å². The fourth-order valence-corrected chi connectivity index (χ4v) is 2.07. The zero-order valence-electron chi connectivity index (χ0n) is 13.2. The monoisotopic (exact) mass is 276 g/mol. The van der Waals surface area contributed by atoms with Crippen molar-refractivity contribution in [2.24, 2.45) is 4.99 Å². The van der Waals surface area contributed by atoms with E-state index in [2.05, 4.69) is 71.9 Å². The van der Waals surface area contributed by atoms with Gasteiger partial charge in [-0.2, -0.15) is 0 Å². The van der Waals surface area contributed by atoms with Crippen LogP contribution in [-0.4, -0.2) is 45.1 Å². The smallest absolute Gasteiger partial charge is 0.191 e. The third kappa shape index (κ3) is 5.61. The number of rotatable bonds is 7. The minimum Gasteiger partial charge on any atom is -0.356 e. The molecule has 20 heavy (non-hydrogen) atoms. The molecular weight excluding hydrogens is 248 g/mol. The molecule has 0 aliphatic rings. The first-order chi connectivity index (χ1) is 9.69. The van der Waals surface area contributed by atoms with Crippen LogP contribution in [0.25, 0.3) is 0 Å². The van der Waals surface area contributed by atoms with Crippen molar-refractivity contribution < 1.29 is 0 Å². The molecule has 0 heterocycles. The Morgan fingerprint density at radius 3 is 2.45 bits per heavy atom. The summed E-state index contributed by atoms with van der Waals surface area (Å²) in [7, 11) is 6.02. The number of benzene rings is 1. The lowest BCUT2D eigenvalue weighted by molar-refractivity contribution is 0.298. The van der Waals surface area contributed by atoms with Gasteiger partial charge in [0.05, 0.1) is 6.04 Å². The Morgan fingerprint density at radius 1 is 1.20 bits per heavy atom. The highest BCUT2D eigenvalue weighted by molar-refractivity contribution is 5.79. The van der Waals surface area contributed by atoms with Crippen LogP contribution >= 0.6 is 0 Å². The molecule has 0 aromatic heterocycles. The SMILES string of the molecule is CCCCNC(=NC)NCC(c1ccccc1)N(C)C. The first-order valence-corrected chi connectivity index (χ1v) is 7.35. The van der Waals surface area contributed by atoms with E-state index in [9.17, 15) is 0 Å². The number of likely N-dealkylation sites (N-methyl/N-ethyl adjacent to an activating group) is 1. The third-order valence-electron chi connectivity index (χ3n) is 3.32. The topological polar surface area (TPSA) is 39.7 Å². The lowest BCUT2D eigenvalue weighted by Crippen LogP contribution is -2.42. The van der Waals surface area contributed by atoms with Crippen LogP contribution in [0.4, 0.5) is 0 Å². The lowest BCUT2D eigenvalue weighted by Gasteiger charge is -2.26. The van der Waals surface area contributed by atoms with E-state index in [1.165, 1.54) is 12.0 Å². The van der Waals surface area contributed by atoms with Crippen LogP contribution in [0.5, 0.6) is 0 Å². The van der Waals surface area contributed by atoms with Gasteiger partial charge in [0.25, 0.3) is 0 Å². The van der Waals surface area contributed by atoms with Crippen LogP contribution in [0.1, 0.15) is 31.4 Å². The molecule has 2 N–H and O–H groups in total. The van der Waals surface area contributed by atoms with Crippen molar-refractivity contribution in [3.63, 3.8) is 0 Å². The van der Waals surface area contributed by atoms with Gasteiger partial charge in [0.15, 0.2) is 5.96 Å². The van der Waals surface area contributed by atoms with E-state index in [1.54, 1.807) is 0 Å². The van der Waals surface area contributed by atoms with Gasteiger partial charge in [0, 0.05) is 20.1 Å². The van der Waals surface area contributed by atoms with Gasteiger partial charge in [-0.05, 0) is 26.1 Å². The van der Waals surface area contributed by atoms with Gasteiger partial charge in [0.1, 0.15) is 0 Å². The predicted molar refractivity (Wildman–Crippen MR) is 87.1 cm³/mol. The molecule has 0 amide bonds. The summed E-state index contributed by atoms with van der Waals surface area (Å²) in [5.41, 5.74) is 1.31. The van der Waals surface area contributed by atoms with Gasteiger partial charge in [0.2, 0.25) is 0 Å². The second kappa shape index (κ2) is 9.37. The van der Waals surface area contributed by atoms with Gasteiger partial charge in [-0.3, -0.25) is 4.99 Å². The second-order valence-corrected chi connectivity index (χ2v) is 5.12. The number of aliphatic imine (C=N–C) groups is 1. The minimum absolute atomic E-state index is 0.334. The summed E-state index contributed by atoms with van der Waals surface area (Å²) in [5, 5.41) is 6.74. The Kier molecular flexibility index (Phi) is 7.73. The second-order valence-electron chi connectivity index (χ2n) is 5.12. The maximum atomic E-state index is 4.26. The average molecular weight is 276 g/mol. The zero-order chi connectivity index (χ0) is 14.8. The van der Waals surface area contributed by atoms with E-state index < -0.39 is 0 Å². The molecular formula is C16H28N4. The number of guanidine groups is 1. The van der Waals surface area contributed by atoms with Crippen LogP contribution < -0.4 is 10.6 Å². The van der Waals surface area contributed by atoms with Gasteiger partial charge in [-0.25, -0.2) is 0 Å². The first kappa shape index (κ1) is 16.5. The number of hydrogen-bond acceptors (Lipinski definition) is 2. The quantitative estimate of drug-likeness (QED) is 0.456. The van der Waals surface area contributed by atoms with E-state index in [0.29, 0.717) is 6.04 Å². The molecule has 4 heteroatoms. The molecule has 0 saturated carbocycles. The highest BCUT2D eigenvalue weighted by Crippen LogP contribution is 2.16. The van der Waals surface area contributed by atoms with Crippen LogP contribution in [0.15, 0.2) is 35.3 Å². The summed E-state index contributed by atoms with van der Waals surface area (Å²) in [6, 6.07) is 10.9. The highest BCUT2D eigenvalue weighted by Gasteiger charge is 2.13. The van der Waals surface area contributed by atoms with Crippen LogP contribution in [0, 0.1) is 0 Å². The Bertz CT molecular complexity index is 387. The first-order valence-electron chi connectivity index (χ1n) is 7.35. The van der Waals surface area contributed by atoms with Crippen molar-refractivity contribution in [3.05, 3.63) is 35.9 Å². The fraction of sp³-hybridized carbons (Fsp3) is 0.562. The Labute approximate surface area is 123 Å². The van der Waals surface area contributed by atoms with Gasteiger partial charge >= 0.3 is 0 Å². The number of hydrogen-bond donors (Lipinski definition) is 2. The number of unbranched alkanes of at least 4 members (excludes halogenated alkanes) is 1. The third-order valence-corrected chi connectivity index (χ3v) is 3.32. The molecule has 0 radical (unpaired) electrons. The molecule has 0 bridgehead atoms. The van der Waals surface area contributed by atoms with E-state index in [1.807, 2.05) is 7.05 Å². The largest absolute Gasteiger partial charge is 0.356 e. The van der Waals surface area contributed by atoms with Gasteiger partial charge in [-0.15, -0.1) is 0 Å². The molecule has 0 spiro atoms. The molecule has 1 aromatic carbocycles. The molecule has 1 atom stereocenters. The molecule has 0 saturated heterocycles. The molecule has 1 aromatic rings. The molecule has 1 rings (SSSR count). The number of nitrogens with one attached hydrogen (secondary N) is 2. The molecule has 112 valence electrons. The number of nitrogens with zero attached hydrogens (tertiary/aromatic N) is 2. The summed E-state index contributed by atoms with van der Waals surface area (Å²) < 4.78 is 0. The summed E-state index contributed by atoms with van der Waals surface area (Å²) in [5.74, 6) is 0.876. The maximum absolute atomic E-state index is 4.26. The Hall–Kier alpha value is -1.55. The summed E-state index contributed by atoms with van der Waals surface area (Å²) in [4.78, 5) is 6.48. The minimum atomic E-state index is 0.334. The van der Waals surface area contributed by atoms with Crippen molar-refractivity contribution in [2.45, 2.75) is 25.8 Å². The Morgan fingerprint density at radius 2 is 1.90 bits per heavy atom. The standard InChI is InChI=1S/C16H28N4/c1-5-6-12-18-16(17-2)19-13-15(20(3)4)14-10-8-7-9-11-14/h7-11,15H,5-6,12-13H2,1-4H3,(H2,17,18,19).